The zero-order valence-corrected chi connectivity index (χ0v) is 11.9. The minimum atomic E-state index is -1.83. The van der Waals surface area contributed by atoms with E-state index in [1.54, 1.807) is 0 Å². The monoisotopic (exact) mass is 303 g/mol. The Morgan fingerprint density at radius 3 is 1.90 bits per heavy atom. The van der Waals surface area contributed by atoms with Gasteiger partial charge in [0, 0.05) is 11.8 Å². The number of carbonyl (C=O) groups excluding carboxylic acids is 2. The van der Waals surface area contributed by atoms with Crippen molar-refractivity contribution >= 4 is 23.5 Å². The molecule has 21 heavy (non-hydrogen) atoms. The third-order valence-corrected chi connectivity index (χ3v) is 3.30. The Morgan fingerprint density at radius 2 is 1.52 bits per heavy atom. The highest BCUT2D eigenvalue weighted by Gasteiger charge is 2.43. The molecule has 0 rings (SSSR count). The minimum Gasteiger partial charge on any atom is -0.481 e. The fourth-order valence-corrected chi connectivity index (χ4v) is 1.71. The van der Waals surface area contributed by atoms with Gasteiger partial charge < -0.3 is 27.4 Å². The van der Waals surface area contributed by atoms with Gasteiger partial charge in [0.15, 0.2) is 17.6 Å². The van der Waals surface area contributed by atoms with Gasteiger partial charge in [-0.2, -0.15) is 0 Å². The fraction of sp³-hybridized carbons (Fsp3) is 0.667. The van der Waals surface area contributed by atoms with Crippen molar-refractivity contribution in [2.75, 3.05) is 0 Å². The van der Waals surface area contributed by atoms with Crippen LogP contribution in [0.1, 0.15) is 26.7 Å². The lowest BCUT2D eigenvalue weighted by Gasteiger charge is -2.32. The second-order valence-electron chi connectivity index (χ2n) is 5.32. The Balaban J connectivity index is 5.01. The normalized spacial score (nSPS) is 15.9. The maximum Gasteiger partial charge on any atom is 0.328 e. The van der Waals surface area contributed by atoms with Crippen LogP contribution in [0.25, 0.3) is 0 Å². The number of hydrogen-bond donors (Lipinski definition) is 5. The molecule has 9 heteroatoms. The average Bonchev–Trinajstić information content (AvgIpc) is 2.40. The number of nitrogens with two attached hydrogens (primary N) is 3. The Morgan fingerprint density at radius 1 is 1.05 bits per heavy atom. The highest BCUT2D eigenvalue weighted by molar-refractivity contribution is 6.07. The largest absolute Gasteiger partial charge is 0.481 e. The van der Waals surface area contributed by atoms with E-state index >= 15 is 0 Å². The summed E-state index contributed by atoms with van der Waals surface area (Å²) in [6.45, 7) is 2.68. The van der Waals surface area contributed by atoms with Crippen molar-refractivity contribution in [2.24, 2.45) is 22.6 Å². The predicted molar refractivity (Wildman–Crippen MR) is 72.2 cm³/mol. The Hall–Kier alpha value is -1.84. The molecular formula is C12H21N3O6. The van der Waals surface area contributed by atoms with Crippen molar-refractivity contribution in [3.05, 3.63) is 0 Å². The van der Waals surface area contributed by atoms with E-state index in [4.69, 9.17) is 27.4 Å². The smallest absolute Gasteiger partial charge is 0.328 e. The van der Waals surface area contributed by atoms with E-state index in [0.717, 1.165) is 0 Å². The highest BCUT2D eigenvalue weighted by atomic mass is 16.4. The van der Waals surface area contributed by atoms with Crippen LogP contribution in [-0.4, -0.2) is 51.8 Å². The van der Waals surface area contributed by atoms with Crippen LogP contribution in [0.15, 0.2) is 0 Å². The molecule has 0 aliphatic rings. The van der Waals surface area contributed by atoms with E-state index < -0.39 is 47.0 Å². The number of carboxylic acids is 2. The number of carboxylic acid groups (broad SMARTS) is 2. The van der Waals surface area contributed by atoms with Crippen molar-refractivity contribution in [1.29, 1.82) is 0 Å². The molecule has 0 aromatic rings. The first-order valence-electron chi connectivity index (χ1n) is 6.22. The lowest BCUT2D eigenvalue weighted by atomic mass is 9.74. The van der Waals surface area contributed by atoms with Crippen molar-refractivity contribution < 1.29 is 29.4 Å². The third kappa shape index (κ3) is 4.88. The van der Waals surface area contributed by atoms with E-state index in [2.05, 4.69) is 0 Å². The van der Waals surface area contributed by atoms with Gasteiger partial charge in [0.05, 0.1) is 12.1 Å². The molecule has 0 bridgehead atoms. The summed E-state index contributed by atoms with van der Waals surface area (Å²) in [5.41, 5.74) is 15.0. The minimum absolute atomic E-state index is 0.108. The molecule has 0 aliphatic heterocycles. The van der Waals surface area contributed by atoms with Gasteiger partial charge in [-0.1, -0.05) is 13.8 Å². The summed E-state index contributed by atoms with van der Waals surface area (Å²) >= 11 is 0. The molecule has 0 saturated heterocycles. The topological polar surface area (TPSA) is 187 Å². The summed E-state index contributed by atoms with van der Waals surface area (Å²) in [4.78, 5) is 45.1. The Kier molecular flexibility index (Phi) is 6.61. The third-order valence-electron chi connectivity index (χ3n) is 3.30. The van der Waals surface area contributed by atoms with Gasteiger partial charge in [0.2, 0.25) is 0 Å². The Bertz CT molecular complexity index is 448. The van der Waals surface area contributed by atoms with Crippen LogP contribution in [0.3, 0.4) is 0 Å². The molecule has 0 saturated carbocycles. The molecule has 0 spiro atoms. The lowest BCUT2D eigenvalue weighted by molar-refractivity contribution is -0.145. The molecule has 0 amide bonds. The number of carbonyl (C=O) groups is 4. The van der Waals surface area contributed by atoms with Crippen LogP contribution < -0.4 is 17.2 Å². The second-order valence-corrected chi connectivity index (χ2v) is 5.32. The summed E-state index contributed by atoms with van der Waals surface area (Å²) in [7, 11) is 0. The molecule has 9 nitrogen and oxygen atoms in total. The van der Waals surface area contributed by atoms with Crippen LogP contribution in [0, 0.1) is 5.41 Å². The fourth-order valence-electron chi connectivity index (χ4n) is 1.71. The van der Waals surface area contributed by atoms with Crippen LogP contribution in [0.4, 0.5) is 0 Å². The number of aliphatic carboxylic acids is 2. The average molecular weight is 303 g/mol. The molecule has 8 N–H and O–H groups in total. The van der Waals surface area contributed by atoms with Crippen LogP contribution in [0.2, 0.25) is 0 Å². The van der Waals surface area contributed by atoms with E-state index in [1.165, 1.54) is 13.8 Å². The summed E-state index contributed by atoms with van der Waals surface area (Å²) in [6, 6.07) is -4.40. The molecular weight excluding hydrogens is 282 g/mol. The van der Waals surface area contributed by atoms with Gasteiger partial charge in [-0.05, 0) is 6.42 Å². The number of hydrogen-bond acceptors (Lipinski definition) is 7. The molecule has 1 unspecified atom stereocenters. The molecule has 0 radical (unpaired) electrons. The van der Waals surface area contributed by atoms with Crippen molar-refractivity contribution in [1.82, 2.24) is 0 Å². The van der Waals surface area contributed by atoms with E-state index in [1.807, 2.05) is 0 Å². The molecule has 3 atom stereocenters. The molecule has 0 aromatic heterocycles. The van der Waals surface area contributed by atoms with E-state index in [9.17, 15) is 19.2 Å². The highest BCUT2D eigenvalue weighted by Crippen LogP contribution is 2.24. The number of ketones is 2. The molecule has 0 heterocycles. The molecule has 120 valence electrons. The predicted octanol–water partition coefficient (Wildman–Crippen LogP) is -1.92. The number of rotatable bonds is 9. The van der Waals surface area contributed by atoms with E-state index in [-0.39, 0.29) is 12.8 Å². The van der Waals surface area contributed by atoms with Crippen LogP contribution in [-0.2, 0) is 19.2 Å². The maximum atomic E-state index is 12.2. The quantitative estimate of drug-likeness (QED) is 0.302. The summed E-state index contributed by atoms with van der Waals surface area (Å²) in [6.07, 6.45) is -0.412. The number of Topliss-reactive ketones (excluding diaryl/α,β-unsaturated/α-hetero) is 2. The maximum absolute atomic E-state index is 12.2. The van der Waals surface area contributed by atoms with Gasteiger partial charge >= 0.3 is 11.9 Å². The SMILES string of the molecule is CC(C)(C(=O)[C@@H](N)CCC(=O)O)[C@H](N)C(=O)C(N)C(=O)O. The Labute approximate surface area is 121 Å². The van der Waals surface area contributed by atoms with Gasteiger partial charge in [0.1, 0.15) is 0 Å². The summed E-state index contributed by atoms with van der Waals surface area (Å²) in [5.74, 6) is -4.27. The van der Waals surface area contributed by atoms with Gasteiger partial charge in [-0.25, -0.2) is 0 Å². The van der Waals surface area contributed by atoms with Gasteiger partial charge in [0.25, 0.3) is 0 Å². The van der Waals surface area contributed by atoms with Crippen LogP contribution >= 0.6 is 0 Å². The van der Waals surface area contributed by atoms with Crippen molar-refractivity contribution in [2.45, 2.75) is 44.8 Å². The zero-order chi connectivity index (χ0) is 17.0. The van der Waals surface area contributed by atoms with Gasteiger partial charge in [-0.3, -0.25) is 19.2 Å². The van der Waals surface area contributed by atoms with E-state index in [0.29, 0.717) is 0 Å². The lowest BCUT2D eigenvalue weighted by Crippen LogP contribution is -2.58. The van der Waals surface area contributed by atoms with Crippen molar-refractivity contribution in [3.8, 4) is 0 Å². The first kappa shape index (κ1) is 19.2. The second kappa shape index (κ2) is 7.25. The van der Waals surface area contributed by atoms with Crippen LogP contribution in [0.5, 0.6) is 0 Å². The molecule has 0 aliphatic carbocycles. The molecule has 0 fully saturated rings. The zero-order valence-electron chi connectivity index (χ0n) is 11.9. The first-order valence-corrected chi connectivity index (χ1v) is 6.22. The summed E-state index contributed by atoms with van der Waals surface area (Å²) in [5, 5.41) is 17.2. The summed E-state index contributed by atoms with van der Waals surface area (Å²) < 4.78 is 0. The molecule has 0 aromatic carbocycles. The van der Waals surface area contributed by atoms with Gasteiger partial charge in [-0.15, -0.1) is 0 Å². The standard InChI is InChI=1S/C12H21N3O6/c1-12(2,9(15)8(18)7(14)11(20)21)10(19)5(13)3-4-6(16)17/h5,7,9H,3-4,13-15H2,1-2H3,(H,16,17)(H,20,21)/t5-,7?,9+/m0/s1. The first-order chi connectivity index (χ1) is 9.42. The van der Waals surface area contributed by atoms with Crippen molar-refractivity contribution in [3.63, 3.8) is 0 Å².